The van der Waals surface area contributed by atoms with Gasteiger partial charge in [0, 0.05) is 13.1 Å². The number of carbonyl (C=O) groups is 1. The topological polar surface area (TPSA) is 29.5 Å². The molecule has 0 unspecified atom stereocenters. The van der Waals surface area contributed by atoms with E-state index in [2.05, 4.69) is 13.8 Å². The van der Waals surface area contributed by atoms with Gasteiger partial charge in [0.25, 0.3) is 0 Å². The van der Waals surface area contributed by atoms with E-state index >= 15 is 0 Å². The summed E-state index contributed by atoms with van der Waals surface area (Å²) < 4.78 is 5.13. The lowest BCUT2D eigenvalue weighted by Crippen LogP contribution is -2.34. The number of methoxy groups -OCH3 is 1. The number of carbonyl (C=O) groups excluding carboxylic acids is 1. The zero-order chi connectivity index (χ0) is 14.8. The maximum absolute atomic E-state index is 12.4. The zero-order valence-corrected chi connectivity index (χ0v) is 13.0. The van der Waals surface area contributed by atoms with E-state index in [1.165, 1.54) is 0 Å². The first-order valence-corrected chi connectivity index (χ1v) is 7.62. The average Bonchev–Trinajstić information content (AvgIpc) is 2.48. The van der Waals surface area contributed by atoms with Crippen LogP contribution in [0.25, 0.3) is 0 Å². The highest BCUT2D eigenvalue weighted by molar-refractivity contribution is 5.78. The first kappa shape index (κ1) is 16.5. The molecule has 0 atom stereocenters. The van der Waals surface area contributed by atoms with Crippen LogP contribution in [0.3, 0.4) is 0 Å². The Hall–Kier alpha value is -1.51. The summed E-state index contributed by atoms with van der Waals surface area (Å²) in [7, 11) is 1.65. The Kier molecular flexibility index (Phi) is 7.78. The smallest absolute Gasteiger partial charge is 0.226 e. The minimum absolute atomic E-state index is 0.233. The van der Waals surface area contributed by atoms with Crippen molar-refractivity contribution in [2.75, 3.05) is 20.2 Å². The van der Waals surface area contributed by atoms with Crippen molar-refractivity contribution in [3.05, 3.63) is 29.8 Å². The zero-order valence-electron chi connectivity index (χ0n) is 13.0. The molecule has 0 bridgehead atoms. The van der Waals surface area contributed by atoms with Crippen LogP contribution < -0.4 is 4.74 Å². The van der Waals surface area contributed by atoms with Crippen LogP contribution in [0.1, 0.15) is 45.1 Å². The number of hydrogen-bond acceptors (Lipinski definition) is 2. The van der Waals surface area contributed by atoms with Gasteiger partial charge in [-0.25, -0.2) is 0 Å². The molecule has 0 radical (unpaired) electrons. The number of benzene rings is 1. The van der Waals surface area contributed by atoms with Gasteiger partial charge in [0.1, 0.15) is 5.75 Å². The van der Waals surface area contributed by atoms with E-state index in [0.29, 0.717) is 6.42 Å². The third-order valence-electron chi connectivity index (χ3n) is 3.43. The molecule has 0 aliphatic rings. The number of hydrogen-bond donors (Lipinski definition) is 0. The Labute approximate surface area is 122 Å². The Morgan fingerprint density at radius 2 is 1.60 bits per heavy atom. The van der Waals surface area contributed by atoms with Crippen LogP contribution in [0.5, 0.6) is 5.75 Å². The maximum Gasteiger partial charge on any atom is 0.226 e. The number of rotatable bonds is 9. The molecule has 1 aromatic rings. The van der Waals surface area contributed by atoms with Crippen LogP contribution in [-0.2, 0) is 11.2 Å². The van der Waals surface area contributed by atoms with Gasteiger partial charge in [-0.1, -0.05) is 38.8 Å². The number of ether oxygens (including phenoxy) is 1. The Balaban J connectivity index is 2.58. The van der Waals surface area contributed by atoms with Crippen LogP contribution >= 0.6 is 0 Å². The number of unbranched alkanes of at least 4 members (excludes halogenated alkanes) is 2. The van der Waals surface area contributed by atoms with E-state index in [-0.39, 0.29) is 5.91 Å². The van der Waals surface area contributed by atoms with Crippen molar-refractivity contribution >= 4 is 5.91 Å². The van der Waals surface area contributed by atoms with Gasteiger partial charge < -0.3 is 9.64 Å². The molecule has 1 amide bonds. The highest BCUT2D eigenvalue weighted by atomic mass is 16.5. The van der Waals surface area contributed by atoms with E-state index in [0.717, 1.165) is 50.1 Å². The van der Waals surface area contributed by atoms with Crippen molar-refractivity contribution in [3.63, 3.8) is 0 Å². The summed E-state index contributed by atoms with van der Waals surface area (Å²) in [6.45, 7) is 6.08. The van der Waals surface area contributed by atoms with Crippen LogP contribution in [0.2, 0.25) is 0 Å². The number of nitrogens with zero attached hydrogens (tertiary/aromatic N) is 1. The van der Waals surface area contributed by atoms with Crippen molar-refractivity contribution in [1.82, 2.24) is 4.90 Å². The average molecular weight is 277 g/mol. The van der Waals surface area contributed by atoms with Crippen molar-refractivity contribution in [2.24, 2.45) is 0 Å². The lowest BCUT2D eigenvalue weighted by atomic mass is 10.1. The molecule has 0 saturated carbocycles. The van der Waals surface area contributed by atoms with Crippen molar-refractivity contribution < 1.29 is 9.53 Å². The summed E-state index contributed by atoms with van der Waals surface area (Å²) in [4.78, 5) is 14.4. The second kappa shape index (κ2) is 9.40. The first-order valence-electron chi connectivity index (χ1n) is 7.62. The highest BCUT2D eigenvalue weighted by Crippen LogP contribution is 2.13. The van der Waals surface area contributed by atoms with Crippen LogP contribution in [0.4, 0.5) is 0 Å². The fourth-order valence-corrected chi connectivity index (χ4v) is 2.09. The molecule has 1 aromatic carbocycles. The fourth-order valence-electron chi connectivity index (χ4n) is 2.09. The summed E-state index contributed by atoms with van der Waals surface area (Å²) in [5, 5.41) is 0. The molecule has 20 heavy (non-hydrogen) atoms. The van der Waals surface area contributed by atoms with Crippen molar-refractivity contribution in [3.8, 4) is 5.75 Å². The van der Waals surface area contributed by atoms with E-state index in [1.807, 2.05) is 29.2 Å². The molecule has 0 spiro atoms. The third-order valence-corrected chi connectivity index (χ3v) is 3.43. The molecule has 0 aliphatic carbocycles. The van der Waals surface area contributed by atoms with E-state index in [4.69, 9.17) is 4.74 Å². The van der Waals surface area contributed by atoms with Gasteiger partial charge in [0.2, 0.25) is 5.91 Å². The summed E-state index contributed by atoms with van der Waals surface area (Å²) in [5.41, 5.74) is 1.05. The Morgan fingerprint density at radius 1 is 1.05 bits per heavy atom. The Bertz CT molecular complexity index is 378. The SMILES string of the molecule is CCCCN(CCCC)C(=O)Cc1ccc(OC)cc1. The van der Waals surface area contributed by atoms with Gasteiger partial charge in [-0.15, -0.1) is 0 Å². The monoisotopic (exact) mass is 277 g/mol. The number of amides is 1. The maximum atomic E-state index is 12.4. The molecule has 112 valence electrons. The molecule has 0 aromatic heterocycles. The largest absolute Gasteiger partial charge is 0.497 e. The van der Waals surface area contributed by atoms with Gasteiger partial charge in [0.15, 0.2) is 0 Å². The fraction of sp³-hybridized carbons (Fsp3) is 0.588. The predicted octanol–water partition coefficient (Wildman–Crippen LogP) is 3.67. The lowest BCUT2D eigenvalue weighted by molar-refractivity contribution is -0.130. The highest BCUT2D eigenvalue weighted by Gasteiger charge is 2.13. The normalized spacial score (nSPS) is 10.3. The molecule has 3 nitrogen and oxygen atoms in total. The summed E-state index contributed by atoms with van der Waals surface area (Å²) in [6, 6.07) is 7.75. The van der Waals surface area contributed by atoms with Gasteiger partial charge in [0.05, 0.1) is 13.5 Å². The molecule has 3 heteroatoms. The molecule has 0 heterocycles. The second-order valence-electron chi connectivity index (χ2n) is 5.11. The van der Waals surface area contributed by atoms with Crippen molar-refractivity contribution in [1.29, 1.82) is 0 Å². The third kappa shape index (κ3) is 5.64. The second-order valence-corrected chi connectivity index (χ2v) is 5.11. The molecule has 0 N–H and O–H groups in total. The predicted molar refractivity (Wildman–Crippen MR) is 83.1 cm³/mol. The molecule has 0 fully saturated rings. The first-order chi connectivity index (χ1) is 9.71. The van der Waals surface area contributed by atoms with Gasteiger partial charge in [-0.3, -0.25) is 4.79 Å². The molecule has 0 aliphatic heterocycles. The lowest BCUT2D eigenvalue weighted by Gasteiger charge is -2.22. The van der Waals surface area contributed by atoms with Gasteiger partial charge >= 0.3 is 0 Å². The van der Waals surface area contributed by atoms with Gasteiger partial charge in [-0.05, 0) is 30.5 Å². The molecular formula is C17H27NO2. The van der Waals surface area contributed by atoms with E-state index in [9.17, 15) is 4.79 Å². The quantitative estimate of drug-likeness (QED) is 0.689. The van der Waals surface area contributed by atoms with Crippen molar-refractivity contribution in [2.45, 2.75) is 46.0 Å². The summed E-state index contributed by atoms with van der Waals surface area (Å²) >= 11 is 0. The molecular weight excluding hydrogens is 250 g/mol. The van der Waals surface area contributed by atoms with Crippen LogP contribution in [-0.4, -0.2) is 31.0 Å². The van der Waals surface area contributed by atoms with Gasteiger partial charge in [-0.2, -0.15) is 0 Å². The van der Waals surface area contributed by atoms with E-state index < -0.39 is 0 Å². The summed E-state index contributed by atoms with van der Waals surface area (Å²) in [5.74, 6) is 1.06. The minimum atomic E-state index is 0.233. The standard InChI is InChI=1S/C17H27NO2/c1-4-6-12-18(13-7-5-2)17(19)14-15-8-10-16(20-3)11-9-15/h8-11H,4-7,12-14H2,1-3H3. The van der Waals surface area contributed by atoms with Crippen LogP contribution in [0.15, 0.2) is 24.3 Å². The summed E-state index contributed by atoms with van der Waals surface area (Å²) in [6.07, 6.45) is 4.89. The molecule has 1 rings (SSSR count). The Morgan fingerprint density at radius 3 is 2.05 bits per heavy atom. The van der Waals surface area contributed by atoms with E-state index in [1.54, 1.807) is 7.11 Å². The van der Waals surface area contributed by atoms with Crippen LogP contribution in [0, 0.1) is 0 Å². The molecule has 0 saturated heterocycles. The minimum Gasteiger partial charge on any atom is -0.497 e.